The minimum atomic E-state index is -0.434. The number of likely N-dealkylation sites (tertiary alicyclic amines) is 1. The maximum atomic E-state index is 12.0. The van der Waals surface area contributed by atoms with E-state index >= 15 is 0 Å². The van der Waals surface area contributed by atoms with Gasteiger partial charge in [0.05, 0.1) is 11.0 Å². The Morgan fingerprint density at radius 2 is 2.36 bits per heavy atom. The molecule has 1 heterocycles. The van der Waals surface area contributed by atoms with E-state index < -0.39 is 4.92 Å². The molecule has 1 saturated heterocycles. The van der Waals surface area contributed by atoms with E-state index in [9.17, 15) is 14.9 Å². The number of hydrogen-bond acceptors (Lipinski definition) is 4. The molecule has 2 rings (SSSR count). The molecule has 1 aromatic carbocycles. The fourth-order valence-electron chi connectivity index (χ4n) is 2.51. The second kappa shape index (κ2) is 7.36. The molecule has 22 heavy (non-hydrogen) atoms. The molecule has 114 valence electrons. The highest BCUT2D eigenvalue weighted by molar-refractivity contribution is 5.77. The average molecular weight is 299 g/mol. The van der Waals surface area contributed by atoms with Crippen molar-refractivity contribution in [3.63, 3.8) is 0 Å². The van der Waals surface area contributed by atoms with E-state index in [0.717, 1.165) is 18.4 Å². The molecule has 1 amide bonds. The third-order valence-electron chi connectivity index (χ3n) is 3.64. The van der Waals surface area contributed by atoms with Crippen LogP contribution in [0.2, 0.25) is 0 Å². The van der Waals surface area contributed by atoms with Gasteiger partial charge in [-0.05, 0) is 24.8 Å². The molecular formula is C16H17N3O3. The van der Waals surface area contributed by atoms with Gasteiger partial charge < -0.3 is 4.90 Å². The summed E-state index contributed by atoms with van der Waals surface area (Å²) in [5.41, 5.74) is 0.782. The second-order valence-electron chi connectivity index (χ2n) is 5.17. The van der Waals surface area contributed by atoms with E-state index in [1.807, 2.05) is 6.08 Å². The van der Waals surface area contributed by atoms with Crippen molar-refractivity contribution in [2.24, 2.45) is 0 Å². The van der Waals surface area contributed by atoms with E-state index in [-0.39, 0.29) is 17.6 Å². The number of non-ortho nitro benzene ring substituents is 1. The van der Waals surface area contributed by atoms with Crippen LogP contribution in [-0.2, 0) is 4.79 Å². The Kier molecular flexibility index (Phi) is 5.26. The van der Waals surface area contributed by atoms with Crippen LogP contribution in [0, 0.1) is 21.4 Å². The minimum Gasteiger partial charge on any atom is -0.327 e. The number of nitro groups is 1. The summed E-state index contributed by atoms with van der Waals surface area (Å²) in [6.07, 6.45) is 6.14. The predicted molar refractivity (Wildman–Crippen MR) is 81.7 cm³/mol. The molecule has 6 nitrogen and oxygen atoms in total. The number of carbonyl (C=O) groups is 1. The standard InChI is InChI=1S/C16H17N3O3/c17-12-15-8-4-10-18(15)16(20)9-2-1-5-13-6-3-7-14(11-13)19(21)22/h1,3,5-7,11,15H,2,4,8-10H2. The van der Waals surface area contributed by atoms with Crippen LogP contribution in [0.25, 0.3) is 6.08 Å². The molecule has 0 saturated carbocycles. The Labute approximate surface area is 128 Å². The van der Waals surface area contributed by atoms with E-state index in [1.54, 1.807) is 23.1 Å². The van der Waals surface area contributed by atoms with Gasteiger partial charge in [-0.2, -0.15) is 5.26 Å². The monoisotopic (exact) mass is 299 g/mol. The summed E-state index contributed by atoms with van der Waals surface area (Å²) in [7, 11) is 0. The Morgan fingerprint density at radius 1 is 1.55 bits per heavy atom. The van der Waals surface area contributed by atoms with Gasteiger partial charge in [0.2, 0.25) is 5.91 Å². The summed E-state index contributed by atoms with van der Waals surface area (Å²) >= 11 is 0. The van der Waals surface area contributed by atoms with Gasteiger partial charge in [0.15, 0.2) is 0 Å². The summed E-state index contributed by atoms with van der Waals surface area (Å²) in [5.74, 6) is -0.00672. The predicted octanol–water partition coefficient (Wildman–Crippen LogP) is 2.90. The molecule has 1 aromatic rings. The quantitative estimate of drug-likeness (QED) is 0.617. The summed E-state index contributed by atoms with van der Waals surface area (Å²) in [4.78, 5) is 23.9. The van der Waals surface area contributed by atoms with Gasteiger partial charge in [0.25, 0.3) is 5.69 Å². The Morgan fingerprint density at radius 3 is 3.09 bits per heavy atom. The highest BCUT2D eigenvalue weighted by Crippen LogP contribution is 2.18. The van der Waals surface area contributed by atoms with E-state index in [2.05, 4.69) is 6.07 Å². The van der Waals surface area contributed by atoms with Crippen molar-refractivity contribution in [3.05, 3.63) is 46.0 Å². The fraction of sp³-hybridized carbons (Fsp3) is 0.375. The van der Waals surface area contributed by atoms with Crippen LogP contribution < -0.4 is 0 Å². The highest BCUT2D eigenvalue weighted by Gasteiger charge is 2.27. The third kappa shape index (κ3) is 3.92. The van der Waals surface area contributed by atoms with Gasteiger partial charge in [-0.3, -0.25) is 14.9 Å². The van der Waals surface area contributed by atoms with Crippen molar-refractivity contribution in [1.82, 2.24) is 4.90 Å². The van der Waals surface area contributed by atoms with Crippen molar-refractivity contribution in [3.8, 4) is 6.07 Å². The molecular weight excluding hydrogens is 282 g/mol. The number of rotatable bonds is 5. The van der Waals surface area contributed by atoms with E-state index in [4.69, 9.17) is 5.26 Å². The Bertz CT molecular complexity index is 634. The van der Waals surface area contributed by atoms with Gasteiger partial charge in [-0.1, -0.05) is 24.3 Å². The maximum Gasteiger partial charge on any atom is 0.270 e. The molecule has 1 aliphatic rings. The number of nitrogens with zero attached hydrogens (tertiary/aromatic N) is 3. The lowest BCUT2D eigenvalue weighted by Gasteiger charge is -2.18. The molecule has 0 N–H and O–H groups in total. The minimum absolute atomic E-state index is 0.00672. The lowest BCUT2D eigenvalue weighted by Crippen LogP contribution is -2.34. The average Bonchev–Trinajstić information content (AvgIpc) is 3.00. The number of nitriles is 1. The molecule has 6 heteroatoms. The second-order valence-corrected chi connectivity index (χ2v) is 5.17. The molecule has 0 bridgehead atoms. The van der Waals surface area contributed by atoms with Crippen LogP contribution in [0.15, 0.2) is 30.3 Å². The zero-order valence-electron chi connectivity index (χ0n) is 12.1. The van der Waals surface area contributed by atoms with Crippen LogP contribution in [0.5, 0.6) is 0 Å². The van der Waals surface area contributed by atoms with E-state index in [0.29, 0.717) is 19.4 Å². The van der Waals surface area contributed by atoms with Crippen LogP contribution in [0.1, 0.15) is 31.2 Å². The SMILES string of the molecule is N#CC1CCCN1C(=O)CCC=Cc1cccc([N+](=O)[O-])c1. The number of hydrogen-bond donors (Lipinski definition) is 0. The fourth-order valence-corrected chi connectivity index (χ4v) is 2.51. The summed E-state index contributed by atoms with van der Waals surface area (Å²) in [5, 5.41) is 19.6. The first-order chi connectivity index (χ1) is 10.6. The van der Waals surface area contributed by atoms with Crippen molar-refractivity contribution in [2.45, 2.75) is 31.7 Å². The summed E-state index contributed by atoms with van der Waals surface area (Å²) < 4.78 is 0. The lowest BCUT2D eigenvalue weighted by atomic mass is 10.1. The molecule has 1 unspecified atom stereocenters. The van der Waals surface area contributed by atoms with Crippen molar-refractivity contribution in [1.29, 1.82) is 5.26 Å². The zero-order chi connectivity index (χ0) is 15.9. The lowest BCUT2D eigenvalue weighted by molar-refractivity contribution is -0.384. The Balaban J connectivity index is 1.86. The highest BCUT2D eigenvalue weighted by atomic mass is 16.6. The molecule has 0 radical (unpaired) electrons. The zero-order valence-corrected chi connectivity index (χ0v) is 12.1. The topological polar surface area (TPSA) is 87.2 Å². The first-order valence-corrected chi connectivity index (χ1v) is 7.22. The smallest absolute Gasteiger partial charge is 0.270 e. The van der Waals surface area contributed by atoms with Crippen LogP contribution in [-0.4, -0.2) is 28.3 Å². The maximum absolute atomic E-state index is 12.0. The number of benzene rings is 1. The third-order valence-corrected chi connectivity index (χ3v) is 3.64. The van der Waals surface area contributed by atoms with Gasteiger partial charge >= 0.3 is 0 Å². The van der Waals surface area contributed by atoms with Gasteiger partial charge in [-0.15, -0.1) is 0 Å². The Hall–Kier alpha value is -2.68. The first kappa shape index (κ1) is 15.7. The van der Waals surface area contributed by atoms with Crippen LogP contribution >= 0.6 is 0 Å². The van der Waals surface area contributed by atoms with Crippen molar-refractivity contribution in [2.75, 3.05) is 6.54 Å². The van der Waals surface area contributed by atoms with Gasteiger partial charge in [0, 0.05) is 25.1 Å². The molecule has 1 aliphatic heterocycles. The van der Waals surface area contributed by atoms with Gasteiger partial charge in [0.1, 0.15) is 6.04 Å². The molecule has 1 atom stereocenters. The van der Waals surface area contributed by atoms with E-state index in [1.165, 1.54) is 12.1 Å². The normalized spacial score (nSPS) is 17.6. The van der Waals surface area contributed by atoms with Crippen LogP contribution in [0.3, 0.4) is 0 Å². The number of allylic oxidation sites excluding steroid dienone is 1. The number of carbonyl (C=O) groups excluding carboxylic acids is 1. The van der Waals surface area contributed by atoms with Crippen LogP contribution in [0.4, 0.5) is 5.69 Å². The molecule has 1 fully saturated rings. The molecule has 0 aromatic heterocycles. The van der Waals surface area contributed by atoms with Crippen molar-refractivity contribution >= 4 is 17.7 Å². The summed E-state index contributed by atoms with van der Waals surface area (Å²) in [6.45, 7) is 0.658. The number of nitro benzene ring substituents is 1. The first-order valence-electron chi connectivity index (χ1n) is 7.22. The summed E-state index contributed by atoms with van der Waals surface area (Å²) in [6, 6.07) is 8.20. The van der Waals surface area contributed by atoms with Gasteiger partial charge in [-0.25, -0.2) is 0 Å². The molecule has 0 spiro atoms. The largest absolute Gasteiger partial charge is 0.327 e. The number of amides is 1. The van der Waals surface area contributed by atoms with Crippen molar-refractivity contribution < 1.29 is 9.72 Å². The molecule has 0 aliphatic carbocycles.